The number of anilines is 2. The zero-order valence-electron chi connectivity index (χ0n) is 16.8. The number of nitrogens with zero attached hydrogens (tertiary/aromatic N) is 5. The van der Waals surface area contributed by atoms with Crippen LogP contribution in [0.3, 0.4) is 0 Å². The van der Waals surface area contributed by atoms with Crippen LogP contribution < -0.4 is 21.1 Å². The van der Waals surface area contributed by atoms with E-state index >= 15 is 0 Å². The minimum atomic E-state index is -0.582. The molecule has 10 heteroatoms. The molecule has 10 nitrogen and oxygen atoms in total. The first-order chi connectivity index (χ1) is 14.6. The van der Waals surface area contributed by atoms with Gasteiger partial charge in [0.05, 0.1) is 31.3 Å². The van der Waals surface area contributed by atoms with Gasteiger partial charge in [-0.1, -0.05) is 0 Å². The first-order valence-corrected chi connectivity index (χ1v) is 10.4. The van der Waals surface area contributed by atoms with E-state index in [-0.39, 0.29) is 16.7 Å². The minimum absolute atomic E-state index is 0.0131. The van der Waals surface area contributed by atoms with E-state index in [4.69, 9.17) is 15.5 Å². The Morgan fingerprint density at radius 2 is 1.83 bits per heavy atom. The average molecular weight is 411 g/mol. The standard InChI is InChI=1S/C20H25N7O3/c21-17(28)14-11-22-12-15(23-14)26-5-3-20(4-6-26)2-1-13-16(20)24-19(25-18(13)29)27-7-9-30-10-8-27/h11-12H,1-10H2,(H2,21,28)(H,24,25,29). The molecule has 0 bridgehead atoms. The van der Waals surface area contributed by atoms with Gasteiger partial charge in [0.25, 0.3) is 11.5 Å². The number of fused-ring (bicyclic) bond motifs is 2. The molecule has 0 radical (unpaired) electrons. The lowest BCUT2D eigenvalue weighted by molar-refractivity contribution is 0.0995. The molecule has 0 atom stereocenters. The molecule has 0 saturated carbocycles. The minimum Gasteiger partial charge on any atom is -0.378 e. The van der Waals surface area contributed by atoms with Gasteiger partial charge in [0.15, 0.2) is 0 Å². The number of H-pyrrole nitrogens is 1. The van der Waals surface area contributed by atoms with Crippen molar-refractivity contribution in [3.05, 3.63) is 39.7 Å². The zero-order chi connectivity index (χ0) is 20.7. The summed E-state index contributed by atoms with van der Waals surface area (Å²) in [6.45, 7) is 4.28. The molecule has 1 aliphatic carbocycles. The van der Waals surface area contributed by atoms with Crippen LogP contribution in [-0.4, -0.2) is 65.2 Å². The Bertz CT molecular complexity index is 1020. The van der Waals surface area contributed by atoms with Crippen molar-refractivity contribution in [1.82, 2.24) is 19.9 Å². The average Bonchev–Trinajstić information content (AvgIpc) is 3.13. The summed E-state index contributed by atoms with van der Waals surface area (Å²) in [5.41, 5.74) is 7.20. The van der Waals surface area contributed by atoms with Crippen LogP contribution in [0.2, 0.25) is 0 Å². The Morgan fingerprint density at radius 1 is 1.07 bits per heavy atom. The van der Waals surface area contributed by atoms with Gasteiger partial charge in [0, 0.05) is 37.2 Å². The molecule has 0 aromatic carbocycles. The Hall–Kier alpha value is -3.01. The topological polar surface area (TPSA) is 130 Å². The second-order valence-corrected chi connectivity index (χ2v) is 8.21. The zero-order valence-corrected chi connectivity index (χ0v) is 16.8. The highest BCUT2D eigenvalue weighted by Crippen LogP contribution is 2.45. The van der Waals surface area contributed by atoms with E-state index in [1.165, 1.54) is 6.20 Å². The van der Waals surface area contributed by atoms with Gasteiger partial charge in [-0.3, -0.25) is 19.6 Å². The van der Waals surface area contributed by atoms with Crippen molar-refractivity contribution >= 4 is 17.7 Å². The summed E-state index contributed by atoms with van der Waals surface area (Å²) in [5.74, 6) is 0.736. The molecule has 2 aromatic heterocycles. The molecule has 1 amide bonds. The van der Waals surface area contributed by atoms with Gasteiger partial charge in [-0.2, -0.15) is 0 Å². The van der Waals surface area contributed by atoms with Crippen LogP contribution in [0, 0.1) is 0 Å². The molecule has 0 unspecified atom stereocenters. The Kier molecular flexibility index (Phi) is 4.65. The molecule has 5 rings (SSSR count). The first kappa shape index (κ1) is 19.0. The number of hydrogen-bond donors (Lipinski definition) is 2. The number of aromatic amines is 1. The van der Waals surface area contributed by atoms with Crippen molar-refractivity contribution in [3.8, 4) is 0 Å². The largest absolute Gasteiger partial charge is 0.378 e. The highest BCUT2D eigenvalue weighted by Gasteiger charge is 2.44. The van der Waals surface area contributed by atoms with E-state index < -0.39 is 5.91 Å². The van der Waals surface area contributed by atoms with E-state index in [9.17, 15) is 9.59 Å². The number of hydrogen-bond acceptors (Lipinski definition) is 8. The molecule has 2 fully saturated rings. The van der Waals surface area contributed by atoms with Crippen LogP contribution in [-0.2, 0) is 16.6 Å². The van der Waals surface area contributed by atoms with Crippen LogP contribution in [0.15, 0.2) is 17.2 Å². The smallest absolute Gasteiger partial charge is 0.268 e. The fourth-order valence-electron chi connectivity index (χ4n) is 4.84. The molecule has 30 heavy (non-hydrogen) atoms. The normalized spacial score (nSPS) is 20.4. The number of rotatable bonds is 3. The summed E-state index contributed by atoms with van der Waals surface area (Å²) in [6, 6.07) is 0. The molecule has 2 aliphatic heterocycles. The van der Waals surface area contributed by atoms with Crippen LogP contribution in [0.1, 0.15) is 41.0 Å². The van der Waals surface area contributed by atoms with Crippen molar-refractivity contribution in [3.63, 3.8) is 0 Å². The third-order valence-corrected chi connectivity index (χ3v) is 6.59. The van der Waals surface area contributed by atoms with Gasteiger partial charge < -0.3 is 20.3 Å². The first-order valence-electron chi connectivity index (χ1n) is 10.4. The van der Waals surface area contributed by atoms with Gasteiger partial charge in [-0.05, 0) is 25.7 Å². The number of ether oxygens (including phenoxy) is 1. The monoisotopic (exact) mass is 411 g/mol. The van der Waals surface area contributed by atoms with Gasteiger partial charge >= 0.3 is 0 Å². The lowest BCUT2D eigenvalue weighted by Gasteiger charge is -2.40. The van der Waals surface area contributed by atoms with E-state index in [1.807, 2.05) is 0 Å². The summed E-state index contributed by atoms with van der Waals surface area (Å²) >= 11 is 0. The van der Waals surface area contributed by atoms with Crippen molar-refractivity contribution in [2.24, 2.45) is 5.73 Å². The maximum atomic E-state index is 12.8. The van der Waals surface area contributed by atoms with Crippen molar-refractivity contribution < 1.29 is 9.53 Å². The fourth-order valence-corrected chi connectivity index (χ4v) is 4.84. The van der Waals surface area contributed by atoms with Crippen molar-refractivity contribution in [2.75, 3.05) is 49.2 Å². The molecule has 3 aliphatic rings. The number of carbonyl (C=O) groups is 1. The summed E-state index contributed by atoms with van der Waals surface area (Å²) in [5, 5.41) is 0. The van der Waals surface area contributed by atoms with Crippen LogP contribution in [0.4, 0.5) is 11.8 Å². The summed E-state index contributed by atoms with van der Waals surface area (Å²) in [6.07, 6.45) is 6.49. The number of carbonyl (C=O) groups excluding carboxylic acids is 1. The van der Waals surface area contributed by atoms with Crippen LogP contribution >= 0.6 is 0 Å². The number of nitrogens with two attached hydrogens (primary N) is 1. The van der Waals surface area contributed by atoms with E-state index in [1.54, 1.807) is 6.20 Å². The second kappa shape index (κ2) is 7.35. The molecule has 3 N–H and O–H groups in total. The highest BCUT2D eigenvalue weighted by atomic mass is 16.5. The summed E-state index contributed by atoms with van der Waals surface area (Å²) in [4.78, 5) is 44.8. The number of primary amides is 1. The number of amides is 1. The molecule has 4 heterocycles. The highest BCUT2D eigenvalue weighted by molar-refractivity contribution is 5.90. The third kappa shape index (κ3) is 3.20. The molecule has 158 valence electrons. The van der Waals surface area contributed by atoms with Crippen LogP contribution in [0.5, 0.6) is 0 Å². The lowest BCUT2D eigenvalue weighted by Crippen LogP contribution is -2.43. The summed E-state index contributed by atoms with van der Waals surface area (Å²) < 4.78 is 5.42. The fraction of sp³-hybridized carbons (Fsp3) is 0.550. The van der Waals surface area contributed by atoms with Gasteiger partial charge in [-0.15, -0.1) is 0 Å². The SMILES string of the molecule is NC(=O)c1cncc(N2CCC3(CCc4c3nc(N3CCOCC3)[nH]c4=O)CC2)n1. The van der Waals surface area contributed by atoms with Gasteiger partial charge in [-0.25, -0.2) is 9.97 Å². The number of nitrogens with one attached hydrogen (secondary N) is 1. The maximum Gasteiger partial charge on any atom is 0.268 e. The Labute approximate surface area is 173 Å². The molecule has 2 aromatic rings. The molecule has 2 saturated heterocycles. The lowest BCUT2D eigenvalue weighted by atomic mass is 9.76. The summed E-state index contributed by atoms with van der Waals surface area (Å²) in [7, 11) is 0. The van der Waals surface area contributed by atoms with E-state index in [0.717, 1.165) is 63.1 Å². The molecular weight excluding hydrogens is 386 g/mol. The number of morpholine rings is 1. The Morgan fingerprint density at radius 3 is 2.57 bits per heavy atom. The predicted molar refractivity (Wildman–Crippen MR) is 110 cm³/mol. The second-order valence-electron chi connectivity index (χ2n) is 8.21. The quantitative estimate of drug-likeness (QED) is 0.721. The predicted octanol–water partition coefficient (Wildman–Crippen LogP) is -0.0202. The molecular formula is C20H25N7O3. The van der Waals surface area contributed by atoms with Gasteiger partial charge in [0.1, 0.15) is 11.5 Å². The Balaban J connectivity index is 1.39. The van der Waals surface area contributed by atoms with E-state index in [2.05, 4.69) is 24.8 Å². The third-order valence-electron chi connectivity index (χ3n) is 6.59. The van der Waals surface area contributed by atoms with Crippen LogP contribution in [0.25, 0.3) is 0 Å². The van der Waals surface area contributed by atoms with Crippen molar-refractivity contribution in [1.29, 1.82) is 0 Å². The maximum absolute atomic E-state index is 12.8. The van der Waals surface area contributed by atoms with Crippen molar-refractivity contribution in [2.45, 2.75) is 31.1 Å². The van der Waals surface area contributed by atoms with Gasteiger partial charge in [0.2, 0.25) is 5.95 Å². The van der Waals surface area contributed by atoms with E-state index in [0.29, 0.717) is 25.0 Å². The number of piperidine rings is 1. The number of aromatic nitrogens is 4. The molecule has 1 spiro atoms.